The summed E-state index contributed by atoms with van der Waals surface area (Å²) in [5.74, 6) is 0. The predicted molar refractivity (Wildman–Crippen MR) is 83.0 cm³/mol. The van der Waals surface area contributed by atoms with Crippen molar-refractivity contribution in [2.45, 2.75) is 39.0 Å². The van der Waals surface area contributed by atoms with Crippen LogP contribution in [0, 0.1) is 6.92 Å². The van der Waals surface area contributed by atoms with Crippen LogP contribution in [0.5, 0.6) is 0 Å². The van der Waals surface area contributed by atoms with Crippen LogP contribution in [0.3, 0.4) is 0 Å². The highest BCUT2D eigenvalue weighted by Gasteiger charge is 2.14. The van der Waals surface area contributed by atoms with Gasteiger partial charge in [0.05, 0.1) is 5.69 Å². The lowest BCUT2D eigenvalue weighted by Gasteiger charge is -2.16. The van der Waals surface area contributed by atoms with E-state index in [0.29, 0.717) is 0 Å². The molecule has 0 spiro atoms. The Labute approximate surface area is 120 Å². The van der Waals surface area contributed by atoms with Gasteiger partial charge in [0.2, 0.25) is 0 Å². The summed E-state index contributed by atoms with van der Waals surface area (Å²) < 4.78 is 0. The van der Waals surface area contributed by atoms with E-state index in [2.05, 4.69) is 40.6 Å². The van der Waals surface area contributed by atoms with E-state index >= 15 is 0 Å². The molecule has 1 aliphatic carbocycles. The van der Waals surface area contributed by atoms with E-state index in [9.17, 15) is 0 Å². The number of hydrogen-bond acceptors (Lipinski definition) is 2. The van der Waals surface area contributed by atoms with Crippen molar-refractivity contribution in [1.82, 2.24) is 15.5 Å². The third-order valence-corrected chi connectivity index (χ3v) is 4.36. The molecular weight excluding hydrogens is 246 g/mol. The van der Waals surface area contributed by atoms with Crippen LogP contribution in [0.1, 0.15) is 35.2 Å². The van der Waals surface area contributed by atoms with Crippen LogP contribution < -0.4 is 5.32 Å². The molecule has 0 radical (unpaired) electrons. The molecule has 0 amide bonds. The van der Waals surface area contributed by atoms with Gasteiger partial charge < -0.3 is 5.32 Å². The topological polar surface area (TPSA) is 40.7 Å². The summed E-state index contributed by atoms with van der Waals surface area (Å²) in [7, 11) is 1.98. The Hall–Kier alpha value is -1.61. The second kappa shape index (κ2) is 5.80. The third-order valence-electron chi connectivity index (χ3n) is 4.36. The summed E-state index contributed by atoms with van der Waals surface area (Å²) in [6, 6.07) is 6.87. The molecule has 3 heteroatoms. The number of aromatic amines is 1. The maximum absolute atomic E-state index is 4.54. The van der Waals surface area contributed by atoms with Crippen molar-refractivity contribution in [1.29, 1.82) is 0 Å². The highest BCUT2D eigenvalue weighted by molar-refractivity contribution is 5.65. The van der Waals surface area contributed by atoms with Gasteiger partial charge in [-0.15, -0.1) is 0 Å². The highest BCUT2D eigenvalue weighted by atomic mass is 15.1. The number of benzene rings is 1. The molecule has 1 aromatic carbocycles. The van der Waals surface area contributed by atoms with Gasteiger partial charge >= 0.3 is 0 Å². The number of H-pyrrole nitrogens is 1. The molecule has 0 aliphatic heterocycles. The summed E-state index contributed by atoms with van der Waals surface area (Å²) in [6.07, 6.45) is 6.12. The minimum absolute atomic E-state index is 0.979. The molecule has 3 nitrogen and oxygen atoms in total. The number of fused-ring (bicyclic) bond motifs is 1. The average molecular weight is 269 g/mol. The van der Waals surface area contributed by atoms with Gasteiger partial charge in [0.1, 0.15) is 0 Å². The first-order valence-corrected chi connectivity index (χ1v) is 7.60. The van der Waals surface area contributed by atoms with Gasteiger partial charge in [-0.05, 0) is 62.4 Å². The normalized spacial score (nSPS) is 14.3. The van der Waals surface area contributed by atoms with Crippen LogP contribution >= 0.6 is 0 Å². The molecule has 1 aromatic heterocycles. The van der Waals surface area contributed by atoms with E-state index < -0.39 is 0 Å². The van der Waals surface area contributed by atoms with Gasteiger partial charge in [-0.1, -0.05) is 12.1 Å². The minimum Gasteiger partial charge on any atom is -0.319 e. The smallest absolute Gasteiger partial charge is 0.0952 e. The van der Waals surface area contributed by atoms with Crippen molar-refractivity contribution in [3.8, 4) is 11.3 Å². The Morgan fingerprint density at radius 3 is 2.80 bits per heavy atom. The van der Waals surface area contributed by atoms with Crippen LogP contribution in [-0.4, -0.2) is 23.8 Å². The van der Waals surface area contributed by atoms with Gasteiger partial charge in [-0.3, -0.25) is 5.10 Å². The molecule has 3 rings (SSSR count). The molecule has 0 bridgehead atoms. The maximum Gasteiger partial charge on any atom is 0.0952 e. The van der Waals surface area contributed by atoms with Crippen LogP contribution in [0.15, 0.2) is 18.2 Å². The molecule has 106 valence electrons. The number of aromatic nitrogens is 2. The first kappa shape index (κ1) is 13.4. The van der Waals surface area contributed by atoms with E-state index in [0.717, 1.165) is 18.7 Å². The van der Waals surface area contributed by atoms with Crippen molar-refractivity contribution < 1.29 is 0 Å². The third kappa shape index (κ3) is 2.50. The van der Waals surface area contributed by atoms with Gasteiger partial charge in [0.15, 0.2) is 0 Å². The van der Waals surface area contributed by atoms with Crippen molar-refractivity contribution in [3.05, 3.63) is 40.6 Å². The fraction of sp³-hybridized carbons (Fsp3) is 0.471. The average Bonchev–Trinajstić information content (AvgIpc) is 2.85. The summed E-state index contributed by atoms with van der Waals surface area (Å²) in [6.45, 7) is 3.15. The quantitative estimate of drug-likeness (QED) is 0.895. The molecule has 0 unspecified atom stereocenters. The number of hydrogen-bond donors (Lipinski definition) is 2. The fourth-order valence-electron chi connectivity index (χ4n) is 3.09. The van der Waals surface area contributed by atoms with Crippen LogP contribution in [0.25, 0.3) is 11.3 Å². The molecule has 0 fully saturated rings. The summed E-state index contributed by atoms with van der Waals surface area (Å²) in [5, 5.41) is 10.9. The standard InChI is InChI=1S/C17H23N3/c1-12-16(9-10-18-2)19-20-17(12)15-8-7-13-5-3-4-6-14(13)11-15/h7-8,11,18H,3-6,9-10H2,1-2H3,(H,19,20). The zero-order chi connectivity index (χ0) is 13.9. The largest absolute Gasteiger partial charge is 0.319 e. The number of likely N-dealkylation sites (N-methyl/N-ethyl adjacent to an activating group) is 1. The molecule has 0 saturated carbocycles. The van der Waals surface area contributed by atoms with Crippen molar-refractivity contribution in [2.75, 3.05) is 13.6 Å². The molecule has 2 aromatic rings. The van der Waals surface area contributed by atoms with E-state index in [-0.39, 0.29) is 0 Å². The lowest BCUT2D eigenvalue weighted by Crippen LogP contribution is -2.11. The molecule has 20 heavy (non-hydrogen) atoms. The maximum atomic E-state index is 4.54. The monoisotopic (exact) mass is 269 g/mol. The number of rotatable bonds is 4. The number of nitrogens with one attached hydrogen (secondary N) is 2. The van der Waals surface area contributed by atoms with Crippen LogP contribution in [0.2, 0.25) is 0 Å². The predicted octanol–water partition coefficient (Wildman–Crippen LogP) is 3.03. The van der Waals surface area contributed by atoms with Crippen molar-refractivity contribution >= 4 is 0 Å². The second-order valence-corrected chi connectivity index (χ2v) is 5.72. The highest BCUT2D eigenvalue weighted by Crippen LogP contribution is 2.29. The van der Waals surface area contributed by atoms with Crippen molar-refractivity contribution in [2.24, 2.45) is 0 Å². The minimum atomic E-state index is 0.979. The van der Waals surface area contributed by atoms with Crippen LogP contribution in [-0.2, 0) is 19.3 Å². The molecule has 2 N–H and O–H groups in total. The molecule has 0 atom stereocenters. The van der Waals surface area contributed by atoms with Gasteiger partial charge in [-0.25, -0.2) is 0 Å². The van der Waals surface area contributed by atoms with E-state index in [1.807, 2.05) is 7.05 Å². The van der Waals surface area contributed by atoms with E-state index in [4.69, 9.17) is 0 Å². The van der Waals surface area contributed by atoms with Crippen LogP contribution in [0.4, 0.5) is 0 Å². The summed E-state index contributed by atoms with van der Waals surface area (Å²) in [5.41, 5.74) is 7.96. The van der Waals surface area contributed by atoms with Gasteiger partial charge in [0, 0.05) is 24.2 Å². The Morgan fingerprint density at radius 1 is 1.20 bits per heavy atom. The Morgan fingerprint density at radius 2 is 2.00 bits per heavy atom. The Kier molecular flexibility index (Phi) is 3.88. The lowest BCUT2D eigenvalue weighted by molar-refractivity contribution is 0.686. The van der Waals surface area contributed by atoms with Gasteiger partial charge in [-0.2, -0.15) is 5.10 Å². The Bertz CT molecular complexity index is 598. The zero-order valence-corrected chi connectivity index (χ0v) is 12.4. The van der Waals surface area contributed by atoms with E-state index in [1.54, 1.807) is 0 Å². The number of aryl methyl sites for hydroxylation is 2. The molecule has 1 aliphatic rings. The summed E-state index contributed by atoms with van der Waals surface area (Å²) >= 11 is 0. The molecular formula is C17H23N3. The molecule has 1 heterocycles. The summed E-state index contributed by atoms with van der Waals surface area (Å²) in [4.78, 5) is 0. The SMILES string of the molecule is CNCCc1[nH]nc(-c2ccc3c(c2)CCCC3)c1C. The Balaban J connectivity index is 1.91. The lowest BCUT2D eigenvalue weighted by atomic mass is 9.89. The molecule has 0 saturated heterocycles. The van der Waals surface area contributed by atoms with Gasteiger partial charge in [0.25, 0.3) is 0 Å². The fourth-order valence-corrected chi connectivity index (χ4v) is 3.09. The first-order chi connectivity index (χ1) is 9.79. The number of nitrogens with zero attached hydrogens (tertiary/aromatic N) is 1. The zero-order valence-electron chi connectivity index (χ0n) is 12.4. The van der Waals surface area contributed by atoms with E-state index in [1.165, 1.54) is 53.6 Å². The first-order valence-electron chi connectivity index (χ1n) is 7.60. The second-order valence-electron chi connectivity index (χ2n) is 5.72. The van der Waals surface area contributed by atoms with Crippen molar-refractivity contribution in [3.63, 3.8) is 0 Å².